The molecule has 0 unspecified atom stereocenters. The summed E-state index contributed by atoms with van der Waals surface area (Å²) in [5, 5.41) is 2.67. The van der Waals surface area contributed by atoms with Gasteiger partial charge < -0.3 is 18.9 Å². The van der Waals surface area contributed by atoms with Gasteiger partial charge in [0.15, 0.2) is 11.5 Å². The molecule has 150 valence electrons. The molecule has 0 saturated carbocycles. The van der Waals surface area contributed by atoms with Crippen molar-refractivity contribution in [1.29, 1.82) is 0 Å². The van der Waals surface area contributed by atoms with Gasteiger partial charge in [-0.1, -0.05) is 18.2 Å². The van der Waals surface area contributed by atoms with E-state index in [2.05, 4.69) is 4.98 Å². The lowest BCUT2D eigenvalue weighted by atomic mass is 10.2. The molecule has 6 nitrogen and oxygen atoms in total. The van der Waals surface area contributed by atoms with Gasteiger partial charge in [-0.15, -0.1) is 11.3 Å². The maximum atomic E-state index is 12.0. The largest absolute Gasteiger partial charge is 0.496 e. The van der Waals surface area contributed by atoms with Crippen molar-refractivity contribution in [3.05, 3.63) is 65.2 Å². The van der Waals surface area contributed by atoms with E-state index in [1.165, 1.54) is 17.4 Å². The molecule has 3 aromatic rings. The summed E-state index contributed by atoms with van der Waals surface area (Å²) in [7, 11) is 4.77. The molecule has 0 aliphatic heterocycles. The summed E-state index contributed by atoms with van der Waals surface area (Å²) >= 11 is 1.47. The average Bonchev–Trinajstić information content (AvgIpc) is 3.25. The van der Waals surface area contributed by atoms with Crippen LogP contribution in [0.3, 0.4) is 0 Å². The zero-order valence-electron chi connectivity index (χ0n) is 16.4. The van der Waals surface area contributed by atoms with Crippen LogP contribution >= 0.6 is 11.3 Å². The van der Waals surface area contributed by atoms with Crippen LogP contribution < -0.4 is 14.2 Å². The number of ether oxygens (including phenoxy) is 4. The standard InChI is InChI=1S/C22H21NO5S/c1-25-18-7-5-4-6-15(18)9-11-21(24)28-13-17-14-29-22(23-17)16-8-10-19(26-2)20(12-16)27-3/h4-12,14H,13H2,1-3H3/b11-9+. The zero-order chi connectivity index (χ0) is 20.6. The van der Waals surface area contributed by atoms with Crippen molar-refractivity contribution in [3.63, 3.8) is 0 Å². The van der Waals surface area contributed by atoms with E-state index in [0.29, 0.717) is 22.9 Å². The highest BCUT2D eigenvalue weighted by Crippen LogP contribution is 2.33. The predicted molar refractivity (Wildman–Crippen MR) is 112 cm³/mol. The number of aromatic nitrogens is 1. The first-order chi connectivity index (χ1) is 14.1. The van der Waals surface area contributed by atoms with E-state index in [-0.39, 0.29) is 6.61 Å². The quantitative estimate of drug-likeness (QED) is 0.399. The average molecular weight is 411 g/mol. The number of carbonyl (C=O) groups excluding carboxylic acids is 1. The number of rotatable bonds is 8. The molecule has 7 heteroatoms. The van der Waals surface area contributed by atoms with E-state index in [4.69, 9.17) is 18.9 Å². The monoisotopic (exact) mass is 411 g/mol. The van der Waals surface area contributed by atoms with Crippen LogP contribution in [0.1, 0.15) is 11.3 Å². The molecule has 0 fully saturated rings. The minimum absolute atomic E-state index is 0.0961. The number of esters is 1. The Morgan fingerprint density at radius 2 is 1.76 bits per heavy atom. The molecule has 0 bridgehead atoms. The maximum absolute atomic E-state index is 12.0. The Hall–Kier alpha value is -3.32. The number of thiazole rings is 1. The smallest absolute Gasteiger partial charge is 0.331 e. The lowest BCUT2D eigenvalue weighted by molar-refractivity contribution is -0.139. The van der Waals surface area contributed by atoms with Crippen molar-refractivity contribution >= 4 is 23.4 Å². The molecule has 0 spiro atoms. The highest BCUT2D eigenvalue weighted by molar-refractivity contribution is 7.13. The fourth-order valence-corrected chi connectivity index (χ4v) is 3.43. The molecular weight excluding hydrogens is 390 g/mol. The van der Waals surface area contributed by atoms with E-state index in [1.807, 2.05) is 47.8 Å². The van der Waals surface area contributed by atoms with Gasteiger partial charge in [0.2, 0.25) is 0 Å². The summed E-state index contributed by atoms with van der Waals surface area (Å²) in [5.74, 6) is 1.53. The maximum Gasteiger partial charge on any atom is 0.331 e. The number of nitrogens with zero attached hydrogens (tertiary/aromatic N) is 1. The van der Waals surface area contributed by atoms with Crippen LogP contribution in [0.4, 0.5) is 0 Å². The first-order valence-corrected chi connectivity index (χ1v) is 9.67. The molecule has 0 atom stereocenters. The van der Waals surface area contributed by atoms with Crippen molar-refractivity contribution in [2.24, 2.45) is 0 Å². The van der Waals surface area contributed by atoms with Gasteiger partial charge in [-0.2, -0.15) is 0 Å². The fourth-order valence-electron chi connectivity index (χ4n) is 2.63. The summed E-state index contributed by atoms with van der Waals surface area (Å²) in [5.41, 5.74) is 2.39. The van der Waals surface area contributed by atoms with E-state index in [0.717, 1.165) is 16.1 Å². The first-order valence-electron chi connectivity index (χ1n) is 8.79. The fraction of sp³-hybridized carbons (Fsp3) is 0.182. The van der Waals surface area contributed by atoms with E-state index in [1.54, 1.807) is 27.4 Å². The Kier molecular flexibility index (Phi) is 6.86. The summed E-state index contributed by atoms with van der Waals surface area (Å²) in [6, 6.07) is 13.0. The normalized spacial score (nSPS) is 10.7. The highest BCUT2D eigenvalue weighted by Gasteiger charge is 2.10. The summed E-state index contributed by atoms with van der Waals surface area (Å²) in [6.07, 6.45) is 3.04. The number of hydrogen-bond acceptors (Lipinski definition) is 7. The number of benzene rings is 2. The zero-order valence-corrected chi connectivity index (χ0v) is 17.2. The molecule has 1 heterocycles. The third kappa shape index (κ3) is 5.14. The van der Waals surface area contributed by atoms with E-state index < -0.39 is 5.97 Å². The molecule has 0 amide bonds. The van der Waals surface area contributed by atoms with Crippen molar-refractivity contribution in [2.45, 2.75) is 6.61 Å². The Morgan fingerprint density at radius 1 is 1.00 bits per heavy atom. The third-order valence-corrected chi connectivity index (χ3v) is 5.02. The van der Waals surface area contributed by atoms with Crippen LogP contribution in [0.15, 0.2) is 53.9 Å². The number of para-hydroxylation sites is 1. The molecule has 1 aromatic heterocycles. The number of hydrogen-bond donors (Lipinski definition) is 0. The van der Waals surface area contributed by atoms with Crippen LogP contribution in [0.25, 0.3) is 16.6 Å². The van der Waals surface area contributed by atoms with Crippen molar-refractivity contribution in [2.75, 3.05) is 21.3 Å². The molecule has 0 aliphatic carbocycles. The first kappa shape index (κ1) is 20.4. The van der Waals surface area contributed by atoms with Gasteiger partial charge in [-0.05, 0) is 30.3 Å². The Labute approximate surface area is 173 Å². The summed E-state index contributed by atoms with van der Waals surface area (Å²) < 4.78 is 21.1. The van der Waals surface area contributed by atoms with Crippen LogP contribution in [0, 0.1) is 0 Å². The lowest BCUT2D eigenvalue weighted by Crippen LogP contribution is -2.01. The van der Waals surface area contributed by atoms with Gasteiger partial charge in [-0.25, -0.2) is 9.78 Å². The van der Waals surface area contributed by atoms with Crippen LogP contribution in [-0.2, 0) is 16.1 Å². The van der Waals surface area contributed by atoms with Gasteiger partial charge in [0.05, 0.1) is 27.0 Å². The second kappa shape index (κ2) is 9.75. The minimum atomic E-state index is -0.448. The predicted octanol–water partition coefficient (Wildman–Crippen LogP) is 4.59. The Balaban J connectivity index is 1.62. The summed E-state index contributed by atoms with van der Waals surface area (Å²) in [4.78, 5) is 16.5. The van der Waals surface area contributed by atoms with E-state index in [9.17, 15) is 4.79 Å². The molecule has 0 aliphatic rings. The van der Waals surface area contributed by atoms with Gasteiger partial charge in [0.1, 0.15) is 17.4 Å². The van der Waals surface area contributed by atoms with Crippen LogP contribution in [0.5, 0.6) is 17.2 Å². The molecule has 0 radical (unpaired) electrons. The second-order valence-electron chi connectivity index (χ2n) is 5.90. The highest BCUT2D eigenvalue weighted by atomic mass is 32.1. The van der Waals surface area contributed by atoms with Crippen molar-refractivity contribution < 1.29 is 23.7 Å². The van der Waals surface area contributed by atoms with Gasteiger partial charge in [-0.3, -0.25) is 0 Å². The molecule has 3 rings (SSSR count). The molecule has 0 N–H and O–H groups in total. The second-order valence-corrected chi connectivity index (χ2v) is 6.75. The summed E-state index contributed by atoms with van der Waals surface area (Å²) in [6.45, 7) is 0.0961. The number of methoxy groups -OCH3 is 3. The topological polar surface area (TPSA) is 66.9 Å². The van der Waals surface area contributed by atoms with Gasteiger partial charge in [0, 0.05) is 22.6 Å². The van der Waals surface area contributed by atoms with Crippen molar-refractivity contribution in [3.8, 4) is 27.8 Å². The molecule has 0 saturated heterocycles. The number of carbonyl (C=O) groups is 1. The minimum Gasteiger partial charge on any atom is -0.496 e. The molecule has 29 heavy (non-hydrogen) atoms. The Morgan fingerprint density at radius 3 is 2.52 bits per heavy atom. The van der Waals surface area contributed by atoms with Gasteiger partial charge >= 0.3 is 5.97 Å². The SMILES string of the molecule is COc1ccccc1/C=C/C(=O)OCc1csc(-c2ccc(OC)c(OC)c2)n1. The third-order valence-electron chi connectivity index (χ3n) is 4.08. The lowest BCUT2D eigenvalue weighted by Gasteiger charge is -2.08. The van der Waals surface area contributed by atoms with Crippen LogP contribution in [-0.4, -0.2) is 32.3 Å². The molecular formula is C22H21NO5S. The Bertz CT molecular complexity index is 1010. The van der Waals surface area contributed by atoms with Crippen LogP contribution in [0.2, 0.25) is 0 Å². The van der Waals surface area contributed by atoms with Gasteiger partial charge in [0.25, 0.3) is 0 Å². The van der Waals surface area contributed by atoms with E-state index >= 15 is 0 Å². The molecule has 2 aromatic carbocycles. The van der Waals surface area contributed by atoms with Crippen molar-refractivity contribution in [1.82, 2.24) is 4.98 Å².